The van der Waals surface area contributed by atoms with Crippen molar-refractivity contribution >= 4 is 45.1 Å². The Morgan fingerprint density at radius 1 is 1.00 bits per heavy atom. The van der Waals surface area contributed by atoms with Gasteiger partial charge in [0.1, 0.15) is 16.2 Å². The largest absolute Gasteiger partial charge is 0.274 e. The van der Waals surface area contributed by atoms with E-state index in [1.807, 2.05) is 11.4 Å². The molecule has 1 aliphatic rings. The fourth-order valence-electron chi connectivity index (χ4n) is 2.87. The average Bonchev–Trinajstić information content (AvgIpc) is 3.21. The van der Waals surface area contributed by atoms with E-state index in [1.165, 1.54) is 4.90 Å². The Hall–Kier alpha value is -2.25. The van der Waals surface area contributed by atoms with E-state index in [-0.39, 0.29) is 11.8 Å². The van der Waals surface area contributed by atoms with Crippen LogP contribution < -0.4 is 0 Å². The molecule has 126 valence electrons. The first-order valence-electron chi connectivity index (χ1n) is 8.02. The van der Waals surface area contributed by atoms with Gasteiger partial charge in [-0.05, 0) is 42.2 Å². The van der Waals surface area contributed by atoms with Crippen LogP contribution in [0.25, 0.3) is 10.2 Å². The third-order valence-electron chi connectivity index (χ3n) is 4.12. The van der Waals surface area contributed by atoms with Crippen molar-refractivity contribution in [2.24, 2.45) is 0 Å². The normalized spacial score (nSPS) is 13.7. The van der Waals surface area contributed by atoms with Gasteiger partial charge in [0, 0.05) is 11.9 Å². The molecule has 2 amide bonds. The third-order valence-corrected chi connectivity index (χ3v) is 6.03. The van der Waals surface area contributed by atoms with Crippen LogP contribution in [0.5, 0.6) is 0 Å². The number of thioether (sulfide) groups is 1. The van der Waals surface area contributed by atoms with E-state index in [0.717, 1.165) is 33.8 Å². The van der Waals surface area contributed by atoms with E-state index in [9.17, 15) is 9.59 Å². The van der Waals surface area contributed by atoms with Crippen LogP contribution in [0, 0.1) is 0 Å². The maximum absolute atomic E-state index is 12.3. The van der Waals surface area contributed by atoms with Crippen LogP contribution in [0.3, 0.4) is 0 Å². The highest BCUT2D eigenvalue weighted by Gasteiger charge is 2.34. The number of imide groups is 1. The van der Waals surface area contributed by atoms with Gasteiger partial charge in [0.15, 0.2) is 0 Å². The maximum Gasteiger partial charge on any atom is 0.261 e. The molecule has 3 aromatic rings. The third kappa shape index (κ3) is 3.05. The number of benzene rings is 1. The molecule has 0 unspecified atom stereocenters. The van der Waals surface area contributed by atoms with E-state index in [1.54, 1.807) is 53.7 Å². The topological polar surface area (TPSA) is 63.2 Å². The van der Waals surface area contributed by atoms with Crippen LogP contribution in [-0.4, -0.2) is 39.0 Å². The lowest BCUT2D eigenvalue weighted by Gasteiger charge is -2.13. The molecule has 0 radical (unpaired) electrons. The van der Waals surface area contributed by atoms with Crippen LogP contribution >= 0.6 is 23.1 Å². The Balaban J connectivity index is 1.30. The van der Waals surface area contributed by atoms with Crippen molar-refractivity contribution in [3.05, 3.63) is 53.2 Å². The minimum atomic E-state index is -0.177. The number of thiophene rings is 1. The lowest BCUT2D eigenvalue weighted by atomic mass is 10.1. The van der Waals surface area contributed by atoms with Gasteiger partial charge >= 0.3 is 0 Å². The Morgan fingerprint density at radius 2 is 1.76 bits per heavy atom. The number of aromatic nitrogens is 2. The molecule has 3 heterocycles. The number of fused-ring (bicyclic) bond motifs is 2. The molecule has 0 fully saturated rings. The Labute approximate surface area is 153 Å². The van der Waals surface area contributed by atoms with Crippen molar-refractivity contribution in [2.75, 3.05) is 12.3 Å². The number of hydrogen-bond acceptors (Lipinski definition) is 6. The smallest absolute Gasteiger partial charge is 0.261 e. The maximum atomic E-state index is 12.3. The highest BCUT2D eigenvalue weighted by Crippen LogP contribution is 2.28. The zero-order valence-electron chi connectivity index (χ0n) is 13.3. The van der Waals surface area contributed by atoms with Gasteiger partial charge in [-0.2, -0.15) is 0 Å². The summed E-state index contributed by atoms with van der Waals surface area (Å²) in [6.45, 7) is 0.463. The number of unbranched alkanes of at least 4 members (excludes halogenated alkanes) is 1. The van der Waals surface area contributed by atoms with Crippen LogP contribution in [0.4, 0.5) is 0 Å². The van der Waals surface area contributed by atoms with Gasteiger partial charge in [0.2, 0.25) is 0 Å². The molecule has 25 heavy (non-hydrogen) atoms. The van der Waals surface area contributed by atoms with Gasteiger partial charge in [-0.25, -0.2) is 9.97 Å². The second kappa shape index (κ2) is 6.93. The Bertz CT molecular complexity index is 919. The van der Waals surface area contributed by atoms with Crippen molar-refractivity contribution in [2.45, 2.75) is 17.9 Å². The summed E-state index contributed by atoms with van der Waals surface area (Å²) in [5.74, 6) is 0.540. The molecule has 0 atom stereocenters. The van der Waals surface area contributed by atoms with Gasteiger partial charge < -0.3 is 0 Å². The quantitative estimate of drug-likeness (QED) is 0.286. The molecule has 0 bridgehead atoms. The Kier molecular flexibility index (Phi) is 4.50. The highest BCUT2D eigenvalue weighted by atomic mass is 32.2. The SMILES string of the molecule is O=C1c2ccccc2C(=O)N1CCCCSc1ncnc2sccc12. The first-order valence-corrected chi connectivity index (χ1v) is 9.88. The van der Waals surface area contributed by atoms with E-state index in [4.69, 9.17) is 0 Å². The minimum absolute atomic E-state index is 0.177. The lowest BCUT2D eigenvalue weighted by Crippen LogP contribution is -2.30. The molecular weight excluding hydrogens is 354 g/mol. The van der Waals surface area contributed by atoms with Crippen molar-refractivity contribution in [3.63, 3.8) is 0 Å². The molecule has 5 nitrogen and oxygen atoms in total. The van der Waals surface area contributed by atoms with Crippen molar-refractivity contribution in [1.29, 1.82) is 0 Å². The monoisotopic (exact) mass is 369 g/mol. The number of rotatable bonds is 6. The van der Waals surface area contributed by atoms with Gasteiger partial charge in [0.05, 0.1) is 11.1 Å². The standard InChI is InChI=1S/C18H15N3O2S2/c22-17-12-5-1-2-6-13(12)18(23)21(17)8-3-4-9-24-15-14-7-10-25-16(14)20-11-19-15/h1-2,5-7,10-11H,3-4,8-9H2. The summed E-state index contributed by atoms with van der Waals surface area (Å²) in [6, 6.07) is 9.05. The van der Waals surface area contributed by atoms with Crippen molar-refractivity contribution in [1.82, 2.24) is 14.9 Å². The van der Waals surface area contributed by atoms with Gasteiger partial charge in [-0.15, -0.1) is 23.1 Å². The molecule has 1 aliphatic heterocycles. The van der Waals surface area contributed by atoms with Crippen LogP contribution in [0.2, 0.25) is 0 Å². The summed E-state index contributed by atoms with van der Waals surface area (Å²) in [7, 11) is 0. The van der Waals surface area contributed by atoms with Gasteiger partial charge in [-0.3, -0.25) is 14.5 Å². The molecule has 7 heteroatoms. The summed E-state index contributed by atoms with van der Waals surface area (Å²) in [6.07, 6.45) is 3.30. The summed E-state index contributed by atoms with van der Waals surface area (Å²) < 4.78 is 0. The van der Waals surface area contributed by atoms with Crippen LogP contribution in [0.15, 0.2) is 47.1 Å². The molecular formula is C18H15N3O2S2. The number of nitrogens with zero attached hydrogens (tertiary/aromatic N) is 3. The van der Waals surface area contributed by atoms with Gasteiger partial charge in [0.25, 0.3) is 11.8 Å². The first kappa shape index (κ1) is 16.2. The molecule has 0 saturated heterocycles. The molecule has 4 rings (SSSR count). The fraction of sp³-hybridized carbons (Fsp3) is 0.222. The predicted molar refractivity (Wildman–Crippen MR) is 99.2 cm³/mol. The van der Waals surface area contributed by atoms with E-state index in [2.05, 4.69) is 9.97 Å². The van der Waals surface area contributed by atoms with Crippen LogP contribution in [0.1, 0.15) is 33.6 Å². The molecule has 1 aromatic carbocycles. The second-order valence-corrected chi connectivity index (χ2v) is 7.66. The summed E-state index contributed by atoms with van der Waals surface area (Å²) >= 11 is 3.30. The number of amides is 2. The van der Waals surface area contributed by atoms with Gasteiger partial charge in [-0.1, -0.05) is 12.1 Å². The number of carbonyl (C=O) groups is 2. The van der Waals surface area contributed by atoms with Crippen molar-refractivity contribution < 1.29 is 9.59 Å². The lowest BCUT2D eigenvalue weighted by molar-refractivity contribution is 0.0652. The first-order chi connectivity index (χ1) is 12.3. The van der Waals surface area contributed by atoms with E-state index < -0.39 is 0 Å². The summed E-state index contributed by atoms with van der Waals surface area (Å²) in [4.78, 5) is 35.5. The number of carbonyl (C=O) groups excluding carboxylic acids is 2. The molecule has 0 aliphatic carbocycles. The van der Waals surface area contributed by atoms with E-state index >= 15 is 0 Å². The predicted octanol–water partition coefficient (Wildman–Crippen LogP) is 3.86. The second-order valence-electron chi connectivity index (χ2n) is 5.68. The Morgan fingerprint density at radius 3 is 2.52 bits per heavy atom. The number of hydrogen-bond donors (Lipinski definition) is 0. The molecule has 0 saturated carbocycles. The zero-order valence-corrected chi connectivity index (χ0v) is 15.0. The summed E-state index contributed by atoms with van der Waals surface area (Å²) in [5, 5.41) is 4.11. The minimum Gasteiger partial charge on any atom is -0.274 e. The van der Waals surface area contributed by atoms with E-state index in [0.29, 0.717) is 17.7 Å². The molecule has 0 spiro atoms. The molecule has 0 N–H and O–H groups in total. The fourth-order valence-corrected chi connectivity index (χ4v) is 4.65. The average molecular weight is 369 g/mol. The highest BCUT2D eigenvalue weighted by molar-refractivity contribution is 7.99. The van der Waals surface area contributed by atoms with Crippen molar-refractivity contribution in [3.8, 4) is 0 Å². The zero-order chi connectivity index (χ0) is 17.2. The molecule has 2 aromatic heterocycles. The summed E-state index contributed by atoms with van der Waals surface area (Å²) in [5.41, 5.74) is 1.03. The van der Waals surface area contributed by atoms with Crippen LogP contribution in [-0.2, 0) is 0 Å².